The largest absolute Gasteiger partial charge is 0.330 e. The first-order valence-electron chi connectivity index (χ1n) is 5.52. The lowest BCUT2D eigenvalue weighted by Crippen LogP contribution is -2.26. The number of rotatable bonds is 7. The quantitative estimate of drug-likeness (QED) is 0.437. The van der Waals surface area contributed by atoms with E-state index in [-0.39, 0.29) is 11.4 Å². The van der Waals surface area contributed by atoms with Gasteiger partial charge in [-0.3, -0.25) is 10.1 Å². The Labute approximate surface area is 119 Å². The van der Waals surface area contributed by atoms with Crippen LogP contribution in [-0.2, 0) is 10.0 Å². The molecule has 7 nitrogen and oxygen atoms in total. The third-order valence-electron chi connectivity index (χ3n) is 2.33. The van der Waals surface area contributed by atoms with Gasteiger partial charge < -0.3 is 5.73 Å². The van der Waals surface area contributed by atoms with E-state index in [9.17, 15) is 18.5 Å². The van der Waals surface area contributed by atoms with Crippen LogP contribution in [-0.4, -0.2) is 26.4 Å². The Morgan fingerprint density at radius 1 is 1.37 bits per heavy atom. The summed E-state index contributed by atoms with van der Waals surface area (Å²) in [6.45, 7) is 0.669. The molecular weight excluding hydrogens is 338 g/mol. The zero-order valence-corrected chi connectivity index (χ0v) is 12.4. The maximum Gasteiger partial charge on any atom is 0.289 e. The monoisotopic (exact) mass is 351 g/mol. The fourth-order valence-corrected chi connectivity index (χ4v) is 3.19. The van der Waals surface area contributed by atoms with Crippen molar-refractivity contribution in [2.75, 3.05) is 13.1 Å². The Bertz CT molecular complexity index is 562. The Morgan fingerprint density at radius 2 is 2.05 bits per heavy atom. The maximum atomic E-state index is 12.0. The first-order chi connectivity index (χ1) is 8.88. The highest BCUT2D eigenvalue weighted by atomic mass is 79.9. The van der Waals surface area contributed by atoms with Crippen LogP contribution in [0.3, 0.4) is 0 Å². The van der Waals surface area contributed by atoms with E-state index in [1.807, 2.05) is 0 Å². The molecule has 0 bridgehead atoms. The van der Waals surface area contributed by atoms with Crippen molar-refractivity contribution in [1.82, 2.24) is 4.72 Å². The highest BCUT2D eigenvalue weighted by molar-refractivity contribution is 9.10. The fourth-order valence-electron chi connectivity index (χ4n) is 1.41. The summed E-state index contributed by atoms with van der Waals surface area (Å²) in [7, 11) is -3.90. The van der Waals surface area contributed by atoms with Gasteiger partial charge in [0.1, 0.15) is 0 Å². The Morgan fingerprint density at radius 3 is 2.63 bits per heavy atom. The van der Waals surface area contributed by atoms with Crippen LogP contribution in [0.1, 0.15) is 12.8 Å². The normalized spacial score (nSPS) is 11.5. The molecule has 1 rings (SSSR count). The predicted octanol–water partition coefficient (Wildman–Crippen LogP) is 1.37. The summed E-state index contributed by atoms with van der Waals surface area (Å²) >= 11 is 3.10. The fraction of sp³-hybridized carbons (Fsp3) is 0.400. The van der Waals surface area contributed by atoms with Crippen molar-refractivity contribution in [1.29, 1.82) is 0 Å². The van der Waals surface area contributed by atoms with Gasteiger partial charge in [-0.2, -0.15) is 0 Å². The smallest absolute Gasteiger partial charge is 0.289 e. The summed E-state index contributed by atoms with van der Waals surface area (Å²) < 4.78 is 26.8. The standard InChI is InChI=1S/C10H14BrN3O4S/c11-8-3-4-9(14(15)16)10(7-8)19(17,18)13-6-2-1-5-12/h3-4,7,13H,1-2,5-6,12H2. The van der Waals surface area contributed by atoms with Crippen LogP contribution in [0.25, 0.3) is 0 Å². The van der Waals surface area contributed by atoms with Crippen LogP contribution in [0.4, 0.5) is 5.69 Å². The molecule has 1 aromatic carbocycles. The van der Waals surface area contributed by atoms with Crippen LogP contribution in [0.2, 0.25) is 0 Å². The van der Waals surface area contributed by atoms with E-state index in [0.29, 0.717) is 23.9 Å². The average Bonchev–Trinajstić information content (AvgIpc) is 2.34. The molecule has 0 radical (unpaired) electrons. The van der Waals surface area contributed by atoms with Gasteiger partial charge in [0.05, 0.1) is 4.92 Å². The topological polar surface area (TPSA) is 115 Å². The Balaban J connectivity index is 3.00. The van der Waals surface area contributed by atoms with E-state index in [2.05, 4.69) is 20.7 Å². The Kier molecular flexibility index (Phi) is 5.85. The molecule has 19 heavy (non-hydrogen) atoms. The first kappa shape index (κ1) is 16.0. The zero-order valence-electron chi connectivity index (χ0n) is 10.0. The summed E-state index contributed by atoms with van der Waals surface area (Å²) in [5.41, 5.74) is 4.85. The molecule has 9 heteroatoms. The third kappa shape index (κ3) is 4.53. The van der Waals surface area contributed by atoms with Crippen molar-refractivity contribution in [2.24, 2.45) is 5.73 Å². The number of benzene rings is 1. The lowest BCUT2D eigenvalue weighted by molar-refractivity contribution is -0.387. The van der Waals surface area contributed by atoms with Gasteiger partial charge in [0.2, 0.25) is 10.0 Å². The van der Waals surface area contributed by atoms with Gasteiger partial charge in [0, 0.05) is 17.1 Å². The van der Waals surface area contributed by atoms with Crippen molar-refractivity contribution in [3.63, 3.8) is 0 Å². The van der Waals surface area contributed by atoms with Crippen LogP contribution in [0.5, 0.6) is 0 Å². The SMILES string of the molecule is NCCCCNS(=O)(=O)c1cc(Br)ccc1[N+](=O)[O-]. The average molecular weight is 352 g/mol. The molecule has 0 heterocycles. The van der Waals surface area contributed by atoms with Crippen molar-refractivity contribution < 1.29 is 13.3 Å². The van der Waals surface area contributed by atoms with Gasteiger partial charge >= 0.3 is 0 Å². The minimum absolute atomic E-state index is 0.198. The van der Waals surface area contributed by atoms with Crippen molar-refractivity contribution in [3.8, 4) is 0 Å². The molecular formula is C10H14BrN3O4S. The molecule has 0 saturated heterocycles. The second kappa shape index (κ2) is 6.94. The summed E-state index contributed by atoms with van der Waals surface area (Å²) in [6, 6.07) is 3.79. The number of nitro groups is 1. The number of hydrogen-bond donors (Lipinski definition) is 2. The van der Waals surface area contributed by atoms with E-state index in [1.165, 1.54) is 12.1 Å². The number of halogens is 1. The molecule has 0 atom stereocenters. The van der Waals surface area contributed by atoms with Crippen LogP contribution >= 0.6 is 15.9 Å². The molecule has 0 spiro atoms. The molecule has 3 N–H and O–H groups in total. The van der Waals surface area contributed by atoms with Crippen LogP contribution in [0, 0.1) is 10.1 Å². The van der Waals surface area contributed by atoms with E-state index in [4.69, 9.17) is 5.73 Å². The molecule has 0 fully saturated rings. The number of nitrogens with zero attached hydrogens (tertiary/aromatic N) is 1. The highest BCUT2D eigenvalue weighted by Crippen LogP contribution is 2.26. The van der Waals surface area contributed by atoms with Crippen LogP contribution < -0.4 is 10.5 Å². The molecule has 0 aliphatic carbocycles. The maximum absolute atomic E-state index is 12.0. The van der Waals surface area contributed by atoms with Crippen molar-refractivity contribution >= 4 is 31.6 Å². The second-order valence-corrected chi connectivity index (χ2v) is 6.41. The number of hydrogen-bond acceptors (Lipinski definition) is 5. The predicted molar refractivity (Wildman–Crippen MR) is 74.3 cm³/mol. The van der Waals surface area contributed by atoms with Gasteiger partial charge in [-0.15, -0.1) is 0 Å². The molecule has 106 valence electrons. The minimum Gasteiger partial charge on any atom is -0.330 e. The number of sulfonamides is 1. The summed E-state index contributed by atoms with van der Waals surface area (Å²) in [4.78, 5) is 9.77. The van der Waals surface area contributed by atoms with E-state index in [1.54, 1.807) is 0 Å². The Hall–Kier alpha value is -1.03. The molecule has 1 aromatic rings. The van der Waals surface area contributed by atoms with E-state index >= 15 is 0 Å². The lowest BCUT2D eigenvalue weighted by atomic mass is 10.3. The van der Waals surface area contributed by atoms with E-state index in [0.717, 1.165) is 6.07 Å². The summed E-state index contributed by atoms with van der Waals surface area (Å²) in [5, 5.41) is 10.8. The highest BCUT2D eigenvalue weighted by Gasteiger charge is 2.25. The first-order valence-corrected chi connectivity index (χ1v) is 7.80. The molecule has 0 aliphatic heterocycles. The molecule has 0 aromatic heterocycles. The number of nitro benzene ring substituents is 1. The van der Waals surface area contributed by atoms with Gasteiger partial charge in [0.15, 0.2) is 4.90 Å². The van der Waals surface area contributed by atoms with Crippen molar-refractivity contribution in [3.05, 3.63) is 32.8 Å². The minimum atomic E-state index is -3.90. The van der Waals surface area contributed by atoms with Crippen LogP contribution in [0.15, 0.2) is 27.6 Å². The van der Waals surface area contributed by atoms with Gasteiger partial charge in [0.25, 0.3) is 5.69 Å². The zero-order chi connectivity index (χ0) is 14.5. The summed E-state index contributed by atoms with van der Waals surface area (Å²) in [5.74, 6) is 0. The van der Waals surface area contributed by atoms with Crippen molar-refractivity contribution in [2.45, 2.75) is 17.7 Å². The molecule has 0 saturated carbocycles. The molecule has 0 amide bonds. The van der Waals surface area contributed by atoms with Gasteiger partial charge in [-0.25, -0.2) is 13.1 Å². The van der Waals surface area contributed by atoms with E-state index < -0.39 is 20.6 Å². The second-order valence-electron chi connectivity index (χ2n) is 3.76. The molecule has 0 unspecified atom stereocenters. The third-order valence-corrected chi connectivity index (χ3v) is 4.31. The van der Waals surface area contributed by atoms with Gasteiger partial charge in [-0.05, 0) is 31.5 Å². The lowest BCUT2D eigenvalue weighted by Gasteiger charge is -2.07. The number of unbranched alkanes of at least 4 members (excludes halogenated alkanes) is 1. The number of nitrogens with two attached hydrogens (primary N) is 1. The molecule has 0 aliphatic rings. The number of nitrogens with one attached hydrogen (secondary N) is 1. The summed E-state index contributed by atoms with van der Waals surface area (Å²) in [6.07, 6.45) is 1.26. The van der Waals surface area contributed by atoms with Gasteiger partial charge in [-0.1, -0.05) is 15.9 Å².